The first-order chi connectivity index (χ1) is 9.61. The van der Waals surface area contributed by atoms with Gasteiger partial charge in [-0.1, -0.05) is 28.1 Å². The standard InChI is InChI=1S/C12H10BrN5O2/c1-18-6-5-11(16-18)20-7-9-8(12(19)15-17-14)3-2-4-10(9)13/h2-6H,7H2,1H3. The maximum Gasteiger partial charge on any atom is 0.249 e. The molecule has 0 aliphatic carbocycles. The maximum absolute atomic E-state index is 11.7. The van der Waals surface area contributed by atoms with Crippen LogP contribution in [0.25, 0.3) is 10.4 Å². The summed E-state index contributed by atoms with van der Waals surface area (Å²) in [5.41, 5.74) is 9.26. The third-order valence-electron chi connectivity index (χ3n) is 2.54. The van der Waals surface area contributed by atoms with Gasteiger partial charge in [-0.25, -0.2) is 0 Å². The molecule has 0 N–H and O–H groups in total. The van der Waals surface area contributed by atoms with Crippen molar-refractivity contribution in [3.63, 3.8) is 0 Å². The van der Waals surface area contributed by atoms with Gasteiger partial charge in [0, 0.05) is 39.8 Å². The second kappa shape index (κ2) is 6.23. The van der Waals surface area contributed by atoms with Gasteiger partial charge in [-0.05, 0) is 16.7 Å². The van der Waals surface area contributed by atoms with Crippen LogP contribution in [0.3, 0.4) is 0 Å². The molecule has 0 bridgehead atoms. The number of ether oxygens (including phenoxy) is 1. The van der Waals surface area contributed by atoms with Crippen molar-refractivity contribution in [3.8, 4) is 5.88 Å². The predicted molar refractivity (Wildman–Crippen MR) is 75.2 cm³/mol. The van der Waals surface area contributed by atoms with Crippen LogP contribution >= 0.6 is 15.9 Å². The van der Waals surface area contributed by atoms with Crippen LogP contribution in [-0.2, 0) is 13.7 Å². The van der Waals surface area contributed by atoms with Crippen molar-refractivity contribution in [2.24, 2.45) is 12.2 Å². The zero-order valence-corrected chi connectivity index (χ0v) is 12.1. The van der Waals surface area contributed by atoms with Crippen LogP contribution in [0.4, 0.5) is 0 Å². The van der Waals surface area contributed by atoms with Gasteiger partial charge in [0.2, 0.25) is 11.8 Å². The molecule has 0 aliphatic heterocycles. The molecule has 102 valence electrons. The molecular formula is C12H10BrN5O2. The number of benzene rings is 1. The van der Waals surface area contributed by atoms with Crippen LogP contribution in [-0.4, -0.2) is 15.7 Å². The topological polar surface area (TPSA) is 92.9 Å². The molecule has 0 aliphatic rings. The number of aromatic nitrogens is 2. The van der Waals surface area contributed by atoms with Crippen LogP contribution in [0.5, 0.6) is 5.88 Å². The first-order valence-corrected chi connectivity index (χ1v) is 6.40. The van der Waals surface area contributed by atoms with E-state index in [1.54, 1.807) is 42.2 Å². The lowest BCUT2D eigenvalue weighted by atomic mass is 10.1. The number of nitrogens with zero attached hydrogens (tertiary/aromatic N) is 5. The fourth-order valence-corrected chi connectivity index (χ4v) is 2.10. The Morgan fingerprint density at radius 2 is 2.35 bits per heavy atom. The zero-order valence-electron chi connectivity index (χ0n) is 10.5. The second-order valence-electron chi connectivity index (χ2n) is 3.88. The van der Waals surface area contributed by atoms with Crippen molar-refractivity contribution in [3.05, 3.63) is 56.5 Å². The van der Waals surface area contributed by atoms with E-state index in [1.807, 2.05) is 0 Å². The van der Waals surface area contributed by atoms with Crippen molar-refractivity contribution < 1.29 is 9.53 Å². The molecule has 0 fully saturated rings. The second-order valence-corrected chi connectivity index (χ2v) is 4.73. The summed E-state index contributed by atoms with van der Waals surface area (Å²) in [4.78, 5) is 14.2. The lowest BCUT2D eigenvalue weighted by Crippen LogP contribution is -2.05. The Kier molecular flexibility index (Phi) is 4.39. The molecule has 2 aromatic rings. The minimum Gasteiger partial charge on any atom is -0.472 e. The lowest BCUT2D eigenvalue weighted by molar-refractivity contribution is 0.0997. The molecular weight excluding hydrogens is 326 g/mol. The molecule has 0 saturated carbocycles. The lowest BCUT2D eigenvalue weighted by Gasteiger charge is -2.09. The molecule has 7 nitrogen and oxygen atoms in total. The van der Waals surface area contributed by atoms with Crippen molar-refractivity contribution in [2.45, 2.75) is 6.61 Å². The highest BCUT2D eigenvalue weighted by Gasteiger charge is 2.13. The van der Waals surface area contributed by atoms with Gasteiger partial charge in [0.05, 0.1) is 0 Å². The van der Waals surface area contributed by atoms with Gasteiger partial charge in [-0.2, -0.15) is 0 Å². The third kappa shape index (κ3) is 3.17. The summed E-state index contributed by atoms with van der Waals surface area (Å²) in [6.07, 6.45) is 1.75. The molecule has 0 saturated heterocycles. The molecule has 0 spiro atoms. The summed E-state index contributed by atoms with van der Waals surface area (Å²) in [6, 6.07) is 6.77. The quantitative estimate of drug-likeness (QED) is 0.487. The first kappa shape index (κ1) is 14.1. The van der Waals surface area contributed by atoms with Gasteiger partial charge in [-0.3, -0.25) is 9.48 Å². The Balaban J connectivity index is 2.25. The van der Waals surface area contributed by atoms with Gasteiger partial charge in [0.15, 0.2) is 0 Å². The van der Waals surface area contributed by atoms with Crippen LogP contribution in [0.1, 0.15) is 15.9 Å². The Bertz CT molecular complexity index is 691. The van der Waals surface area contributed by atoms with E-state index < -0.39 is 5.91 Å². The minimum absolute atomic E-state index is 0.139. The Hall–Kier alpha value is -2.31. The summed E-state index contributed by atoms with van der Waals surface area (Å²) in [5, 5.41) is 7.18. The Labute approximate surface area is 122 Å². The van der Waals surface area contributed by atoms with E-state index in [0.29, 0.717) is 21.5 Å². The molecule has 1 aromatic carbocycles. The predicted octanol–water partition coefficient (Wildman–Crippen LogP) is 3.21. The highest BCUT2D eigenvalue weighted by molar-refractivity contribution is 9.10. The minimum atomic E-state index is -0.645. The van der Waals surface area contributed by atoms with Gasteiger partial charge in [-0.15, -0.1) is 5.10 Å². The van der Waals surface area contributed by atoms with E-state index >= 15 is 0 Å². The number of aryl methyl sites for hydroxylation is 1. The van der Waals surface area contributed by atoms with E-state index in [0.717, 1.165) is 0 Å². The van der Waals surface area contributed by atoms with Gasteiger partial charge >= 0.3 is 0 Å². The van der Waals surface area contributed by atoms with Gasteiger partial charge < -0.3 is 4.74 Å². The summed E-state index contributed by atoms with van der Waals surface area (Å²) < 4.78 is 7.83. The number of carbonyl (C=O) groups excluding carboxylic acids is 1. The molecule has 1 amide bonds. The molecule has 1 aromatic heterocycles. The van der Waals surface area contributed by atoms with Crippen molar-refractivity contribution in [1.29, 1.82) is 0 Å². The molecule has 8 heteroatoms. The molecule has 0 radical (unpaired) electrons. The van der Waals surface area contributed by atoms with Crippen molar-refractivity contribution in [1.82, 2.24) is 9.78 Å². The van der Waals surface area contributed by atoms with Gasteiger partial charge in [0.1, 0.15) is 6.61 Å². The van der Waals surface area contributed by atoms with Crippen molar-refractivity contribution >= 4 is 21.8 Å². The molecule has 20 heavy (non-hydrogen) atoms. The third-order valence-corrected chi connectivity index (χ3v) is 3.28. The number of rotatable bonds is 4. The van der Waals surface area contributed by atoms with Crippen molar-refractivity contribution in [2.75, 3.05) is 0 Å². The number of hydrogen-bond donors (Lipinski definition) is 0. The largest absolute Gasteiger partial charge is 0.472 e. The normalized spacial score (nSPS) is 9.90. The van der Waals surface area contributed by atoms with E-state index in [4.69, 9.17) is 10.3 Å². The zero-order chi connectivity index (χ0) is 14.5. The molecule has 0 unspecified atom stereocenters. The Morgan fingerprint density at radius 3 is 3.00 bits per heavy atom. The van der Waals surface area contributed by atoms with Crippen LogP contribution in [0.2, 0.25) is 0 Å². The van der Waals surface area contributed by atoms with Crippen LogP contribution in [0.15, 0.2) is 40.0 Å². The van der Waals surface area contributed by atoms with E-state index in [2.05, 4.69) is 31.1 Å². The molecule has 2 rings (SSSR count). The Morgan fingerprint density at radius 1 is 1.55 bits per heavy atom. The fraction of sp³-hybridized carbons (Fsp3) is 0.167. The van der Waals surface area contributed by atoms with Crippen LogP contribution in [0, 0.1) is 0 Å². The number of amides is 1. The van der Waals surface area contributed by atoms with Crippen LogP contribution < -0.4 is 4.74 Å². The highest BCUT2D eigenvalue weighted by atomic mass is 79.9. The summed E-state index contributed by atoms with van der Waals surface area (Å²) >= 11 is 3.35. The number of hydrogen-bond acceptors (Lipinski definition) is 3. The number of halogens is 1. The average Bonchev–Trinajstić information content (AvgIpc) is 2.83. The fourth-order valence-electron chi connectivity index (χ4n) is 1.62. The van der Waals surface area contributed by atoms with Gasteiger partial charge in [0.25, 0.3) is 0 Å². The smallest absolute Gasteiger partial charge is 0.249 e. The molecule has 1 heterocycles. The number of azide groups is 1. The number of carbonyl (C=O) groups is 1. The summed E-state index contributed by atoms with van der Waals surface area (Å²) in [5.74, 6) is -0.196. The highest BCUT2D eigenvalue weighted by Crippen LogP contribution is 2.23. The summed E-state index contributed by atoms with van der Waals surface area (Å²) in [6.45, 7) is 0.139. The monoisotopic (exact) mass is 335 g/mol. The van der Waals surface area contributed by atoms with E-state index in [9.17, 15) is 4.79 Å². The average molecular weight is 336 g/mol. The first-order valence-electron chi connectivity index (χ1n) is 5.61. The SMILES string of the molecule is Cn1ccc(OCc2c(Br)cccc2C(=O)N=[N+]=[N-])n1. The van der Waals surface area contributed by atoms with E-state index in [1.165, 1.54) is 0 Å². The molecule has 0 atom stereocenters. The maximum atomic E-state index is 11.7. The summed E-state index contributed by atoms with van der Waals surface area (Å²) in [7, 11) is 1.78. The van der Waals surface area contributed by atoms with E-state index in [-0.39, 0.29) is 6.61 Å².